The van der Waals surface area contributed by atoms with Crippen molar-refractivity contribution >= 4 is 10.8 Å². The Morgan fingerprint density at radius 1 is 0.745 bits per heavy atom. The van der Waals surface area contributed by atoms with Gasteiger partial charge in [-0.05, 0) is 96.6 Å². The lowest BCUT2D eigenvalue weighted by Gasteiger charge is -2.46. The van der Waals surface area contributed by atoms with Crippen LogP contribution in [0.15, 0.2) is 78.9 Å². The van der Waals surface area contributed by atoms with Gasteiger partial charge in [-0.3, -0.25) is 0 Å². The van der Waals surface area contributed by atoms with Gasteiger partial charge in [-0.15, -0.1) is 0 Å². The minimum atomic E-state index is -1.02. The molecule has 0 radical (unpaired) electrons. The number of hydrogen-bond acceptors (Lipinski definition) is 11. The van der Waals surface area contributed by atoms with Crippen molar-refractivity contribution in [3.8, 4) is 51.4 Å². The lowest BCUT2D eigenvalue weighted by atomic mass is 9.72. The van der Waals surface area contributed by atoms with Gasteiger partial charge in [0.2, 0.25) is 0 Å². The number of rotatable bonds is 14. The highest BCUT2D eigenvalue weighted by Gasteiger charge is 2.49. The molecule has 2 heterocycles. The number of methoxy groups -OCH3 is 3. The molecule has 5 aromatic rings. The molecule has 2 aliphatic heterocycles. The van der Waals surface area contributed by atoms with E-state index in [4.69, 9.17) is 28.4 Å². The summed E-state index contributed by atoms with van der Waals surface area (Å²) in [6.07, 6.45) is 0.00828. The van der Waals surface area contributed by atoms with E-state index in [1.807, 2.05) is 30.3 Å². The molecule has 0 amide bonds. The molecule has 5 atom stereocenters. The zero-order valence-corrected chi connectivity index (χ0v) is 31.2. The number of fused-ring (bicyclic) bond motifs is 4. The Hall–Kier alpha value is -5.20. The fourth-order valence-electron chi connectivity index (χ4n) is 8.21. The molecule has 5 N–H and O–H groups in total. The summed E-state index contributed by atoms with van der Waals surface area (Å²) in [5, 5.41) is 54.8. The molecule has 290 valence electrons. The van der Waals surface area contributed by atoms with Crippen molar-refractivity contribution < 1.29 is 54.0 Å². The van der Waals surface area contributed by atoms with Gasteiger partial charge in [0.1, 0.15) is 46.4 Å². The molecule has 0 aromatic heterocycles. The minimum absolute atomic E-state index is 0.0459. The third-order valence-corrected chi connectivity index (χ3v) is 10.7. The average Bonchev–Trinajstić information content (AvgIpc) is 3.18. The molecule has 0 bridgehead atoms. The predicted molar refractivity (Wildman–Crippen MR) is 207 cm³/mol. The average molecular weight is 753 g/mol. The highest BCUT2D eigenvalue weighted by molar-refractivity contribution is 5.96. The van der Waals surface area contributed by atoms with Crippen molar-refractivity contribution in [2.24, 2.45) is 11.8 Å². The van der Waals surface area contributed by atoms with E-state index in [1.165, 1.54) is 0 Å². The van der Waals surface area contributed by atoms with E-state index in [0.717, 1.165) is 33.2 Å². The summed E-state index contributed by atoms with van der Waals surface area (Å²) in [5.41, 5.74) is 4.48. The number of hydrogen-bond donors (Lipinski definition) is 5. The molecule has 7 rings (SSSR count). The predicted octanol–water partition coefficient (Wildman–Crippen LogP) is 7.22. The van der Waals surface area contributed by atoms with Crippen molar-refractivity contribution in [1.29, 1.82) is 0 Å². The molecule has 5 aromatic carbocycles. The molecule has 2 aliphatic rings. The second-order valence-corrected chi connectivity index (χ2v) is 14.2. The normalized spacial score (nSPS) is 20.3. The molecular formula is C44H48O11. The lowest BCUT2D eigenvalue weighted by Crippen LogP contribution is -2.46. The first kappa shape index (κ1) is 38.1. The van der Waals surface area contributed by atoms with Crippen LogP contribution in [0.5, 0.6) is 40.2 Å². The summed E-state index contributed by atoms with van der Waals surface area (Å²) >= 11 is 0. The molecule has 0 saturated carbocycles. The molecule has 0 spiro atoms. The first-order chi connectivity index (χ1) is 26.7. The lowest BCUT2D eigenvalue weighted by molar-refractivity contribution is -0.113. The Morgan fingerprint density at radius 3 is 2.31 bits per heavy atom. The van der Waals surface area contributed by atoms with Crippen LogP contribution in [0, 0.1) is 11.8 Å². The minimum Gasteiger partial charge on any atom is -0.508 e. The largest absolute Gasteiger partial charge is 0.508 e. The molecule has 0 aliphatic carbocycles. The third-order valence-electron chi connectivity index (χ3n) is 10.7. The second kappa shape index (κ2) is 16.7. The quantitative estimate of drug-likeness (QED) is 0.0731. The summed E-state index contributed by atoms with van der Waals surface area (Å²) in [5.74, 6) is 1.64. The Bertz CT molecular complexity index is 2130. The highest BCUT2D eigenvalue weighted by atomic mass is 16.5. The maximum Gasteiger partial charge on any atom is 0.133 e. The summed E-state index contributed by atoms with van der Waals surface area (Å²) in [6.45, 7) is 0.881. The van der Waals surface area contributed by atoms with Crippen molar-refractivity contribution in [2.75, 3.05) is 47.8 Å². The Kier molecular flexibility index (Phi) is 11.5. The summed E-state index contributed by atoms with van der Waals surface area (Å²) in [4.78, 5) is 0. The Balaban J connectivity index is 1.31. The first-order valence-corrected chi connectivity index (χ1v) is 18.6. The first-order valence-electron chi connectivity index (χ1n) is 18.6. The molecule has 5 unspecified atom stereocenters. The standard InChI is InChI=1S/C44H48O11/c1-50-15-5-9-38-40(44(53-16-6-14-45)36-23-39(52-3)34-21-30(48)11-13-33(34)43(36)55-38)37-24-54-42-27(20-31(51-2)22-35(42)41(37)49)17-26-19-29(47)10-12-32(26)25-7-4-8-28(46)18-25/h4,7-8,10-13,18-23,37-38,40-41,44-49H,5-6,9,14-17,24H2,1-3H3. The topological polar surface area (TPSA) is 157 Å². The van der Waals surface area contributed by atoms with Crippen LogP contribution in [0.25, 0.3) is 21.9 Å². The van der Waals surface area contributed by atoms with E-state index in [-0.39, 0.29) is 37.1 Å². The van der Waals surface area contributed by atoms with Crippen LogP contribution in [-0.2, 0) is 15.9 Å². The monoisotopic (exact) mass is 752 g/mol. The number of ether oxygens (including phenoxy) is 6. The third kappa shape index (κ3) is 7.70. The van der Waals surface area contributed by atoms with Gasteiger partial charge < -0.3 is 54.0 Å². The van der Waals surface area contributed by atoms with Crippen molar-refractivity contribution in [3.05, 3.63) is 101 Å². The van der Waals surface area contributed by atoms with Gasteiger partial charge >= 0.3 is 0 Å². The number of aliphatic hydroxyl groups is 2. The van der Waals surface area contributed by atoms with Gasteiger partial charge in [0.25, 0.3) is 0 Å². The molecular weight excluding hydrogens is 704 g/mol. The van der Waals surface area contributed by atoms with Gasteiger partial charge in [-0.2, -0.15) is 0 Å². The zero-order valence-electron chi connectivity index (χ0n) is 31.2. The summed E-state index contributed by atoms with van der Waals surface area (Å²) in [6, 6.07) is 22.7. The number of phenolic OH excluding ortho intramolecular Hbond substituents is 3. The van der Waals surface area contributed by atoms with Gasteiger partial charge in [0.05, 0.1) is 33.0 Å². The maximum absolute atomic E-state index is 12.5. The maximum atomic E-state index is 12.5. The van der Waals surface area contributed by atoms with E-state index in [2.05, 4.69) is 0 Å². The van der Waals surface area contributed by atoms with Crippen LogP contribution in [0.1, 0.15) is 53.7 Å². The molecule has 11 nitrogen and oxygen atoms in total. The molecule has 0 fully saturated rings. The Morgan fingerprint density at radius 2 is 1.55 bits per heavy atom. The highest BCUT2D eigenvalue weighted by Crippen LogP contribution is 2.54. The van der Waals surface area contributed by atoms with E-state index < -0.39 is 30.1 Å². The fraction of sp³-hybridized carbons (Fsp3) is 0.364. The van der Waals surface area contributed by atoms with Crippen molar-refractivity contribution in [2.45, 2.75) is 44.0 Å². The number of aliphatic hydroxyl groups excluding tert-OH is 2. The van der Waals surface area contributed by atoms with Crippen LogP contribution in [-0.4, -0.2) is 79.4 Å². The SMILES string of the molecule is COCCCC1Oc2c(cc(OC)c3cc(O)ccc23)C(OCCCO)C1C1COc2c(Cc3cc(O)ccc3-c3cccc(O)c3)cc(OC)cc2C1O. The second-order valence-electron chi connectivity index (χ2n) is 14.2. The summed E-state index contributed by atoms with van der Waals surface area (Å²) in [7, 11) is 4.81. The van der Waals surface area contributed by atoms with Crippen LogP contribution >= 0.6 is 0 Å². The van der Waals surface area contributed by atoms with Gasteiger partial charge in [-0.25, -0.2) is 0 Å². The van der Waals surface area contributed by atoms with Crippen LogP contribution in [0.3, 0.4) is 0 Å². The van der Waals surface area contributed by atoms with E-state index in [9.17, 15) is 25.5 Å². The van der Waals surface area contributed by atoms with Crippen LogP contribution in [0.2, 0.25) is 0 Å². The number of aromatic hydroxyl groups is 3. The zero-order chi connectivity index (χ0) is 38.6. The van der Waals surface area contributed by atoms with E-state index in [1.54, 1.807) is 69.9 Å². The van der Waals surface area contributed by atoms with Gasteiger partial charge in [-0.1, -0.05) is 18.2 Å². The van der Waals surface area contributed by atoms with Crippen molar-refractivity contribution in [3.63, 3.8) is 0 Å². The molecule has 0 saturated heterocycles. The Labute approximate surface area is 320 Å². The van der Waals surface area contributed by atoms with E-state index >= 15 is 0 Å². The van der Waals surface area contributed by atoms with Gasteiger partial charge in [0.15, 0.2) is 0 Å². The van der Waals surface area contributed by atoms with E-state index in [0.29, 0.717) is 66.2 Å². The number of benzene rings is 5. The molecule has 11 heteroatoms. The van der Waals surface area contributed by atoms with Crippen LogP contribution in [0.4, 0.5) is 0 Å². The molecule has 55 heavy (non-hydrogen) atoms. The summed E-state index contributed by atoms with van der Waals surface area (Å²) < 4.78 is 37.3. The van der Waals surface area contributed by atoms with Crippen molar-refractivity contribution in [1.82, 2.24) is 0 Å². The van der Waals surface area contributed by atoms with Crippen LogP contribution < -0.4 is 18.9 Å². The smallest absolute Gasteiger partial charge is 0.133 e. The fourth-order valence-corrected chi connectivity index (χ4v) is 8.21. The number of phenols is 3. The van der Waals surface area contributed by atoms with Gasteiger partial charge in [0, 0.05) is 72.6 Å².